The summed E-state index contributed by atoms with van der Waals surface area (Å²) in [6, 6.07) is 16.1. The number of imidazole rings is 1. The van der Waals surface area contributed by atoms with Gasteiger partial charge in [-0.2, -0.15) is 0 Å². The average molecular weight is 782 g/mol. The Kier molecular flexibility index (Phi) is 8.84. The number of benzene rings is 2. The number of amides is 3. The Morgan fingerprint density at radius 1 is 0.810 bits per heavy atom. The van der Waals surface area contributed by atoms with Crippen LogP contribution in [0.3, 0.4) is 0 Å². The monoisotopic (exact) mass is 781 g/mol. The number of rotatable bonds is 7. The summed E-state index contributed by atoms with van der Waals surface area (Å²) in [4.78, 5) is 66.3. The molecule has 13 nitrogen and oxygen atoms in total. The number of aryl methyl sites for hydroxylation is 3. The highest BCUT2D eigenvalue weighted by molar-refractivity contribution is 6.00. The van der Waals surface area contributed by atoms with Crippen molar-refractivity contribution in [2.45, 2.75) is 63.8 Å². The Hall–Kier alpha value is -5.69. The molecule has 300 valence electrons. The van der Waals surface area contributed by atoms with Crippen LogP contribution in [-0.4, -0.2) is 94.1 Å². The number of hydrogen-bond acceptors (Lipinski definition) is 8. The molecule has 4 aliphatic heterocycles. The van der Waals surface area contributed by atoms with Crippen LogP contribution in [0.2, 0.25) is 0 Å². The number of aromatic nitrogens is 4. The molecule has 0 bridgehead atoms. The SMILES string of the molecule is Cc1cc(-c2cc(-c3cc4c([nH]3)C3(CC3)CNC4=O)ccn2)cc(C)c1N1CCN(CC2CCN(c3ccc4c(c3)n(C)c(=O)n4C3CCC(=O)NC3=O)CC2)CC1. The van der Waals surface area contributed by atoms with E-state index >= 15 is 0 Å². The zero-order chi connectivity index (χ0) is 39.9. The van der Waals surface area contributed by atoms with Crippen LogP contribution in [0.15, 0.2) is 59.5 Å². The lowest BCUT2D eigenvalue weighted by Crippen LogP contribution is -2.49. The number of nitrogens with zero attached hydrogens (tertiary/aromatic N) is 6. The van der Waals surface area contributed by atoms with Gasteiger partial charge >= 0.3 is 5.69 Å². The molecule has 1 atom stereocenters. The van der Waals surface area contributed by atoms with E-state index in [1.807, 2.05) is 24.4 Å². The molecule has 3 amide bonds. The Morgan fingerprint density at radius 2 is 1.57 bits per heavy atom. The van der Waals surface area contributed by atoms with Crippen LogP contribution in [0.25, 0.3) is 33.5 Å². The number of H-pyrrole nitrogens is 1. The fraction of sp³-hybridized carbons (Fsp3) is 0.444. The van der Waals surface area contributed by atoms with Crippen molar-refractivity contribution in [1.29, 1.82) is 0 Å². The van der Waals surface area contributed by atoms with E-state index in [1.165, 1.54) is 16.8 Å². The molecule has 3 saturated heterocycles. The number of hydrogen-bond donors (Lipinski definition) is 3. The summed E-state index contributed by atoms with van der Waals surface area (Å²) in [6.07, 6.45) is 6.89. The van der Waals surface area contributed by atoms with Crippen LogP contribution < -0.4 is 26.1 Å². The third kappa shape index (κ3) is 6.30. The van der Waals surface area contributed by atoms with Crippen molar-refractivity contribution < 1.29 is 14.4 Å². The number of anilines is 2. The van der Waals surface area contributed by atoms with E-state index < -0.39 is 11.9 Å². The van der Waals surface area contributed by atoms with Gasteiger partial charge in [0.15, 0.2) is 0 Å². The summed E-state index contributed by atoms with van der Waals surface area (Å²) in [5, 5.41) is 5.47. The van der Waals surface area contributed by atoms with Crippen molar-refractivity contribution in [2.24, 2.45) is 13.0 Å². The molecular formula is C45H51N9O4. The molecule has 1 unspecified atom stereocenters. The summed E-state index contributed by atoms with van der Waals surface area (Å²) < 4.78 is 3.16. The molecule has 3 N–H and O–H groups in total. The summed E-state index contributed by atoms with van der Waals surface area (Å²) in [5.74, 6) is -0.0501. The number of piperidine rings is 2. The first-order chi connectivity index (χ1) is 28.0. The number of carbonyl (C=O) groups is 3. The smallest absolute Gasteiger partial charge is 0.329 e. The Bertz CT molecular complexity index is 2520. The van der Waals surface area contributed by atoms with Crippen molar-refractivity contribution in [1.82, 2.24) is 34.6 Å². The molecule has 1 aliphatic carbocycles. The Labute approximate surface area is 337 Å². The van der Waals surface area contributed by atoms with Gasteiger partial charge < -0.3 is 20.1 Å². The minimum Gasteiger partial charge on any atom is -0.371 e. The van der Waals surface area contributed by atoms with Crippen molar-refractivity contribution >= 4 is 40.1 Å². The zero-order valence-corrected chi connectivity index (χ0v) is 33.6. The number of nitrogens with one attached hydrogen (secondary N) is 3. The van der Waals surface area contributed by atoms with Gasteiger partial charge in [0.25, 0.3) is 5.91 Å². The maximum Gasteiger partial charge on any atom is 0.329 e. The molecule has 4 fully saturated rings. The third-order valence-electron chi connectivity index (χ3n) is 13.7. The molecule has 5 aliphatic rings. The summed E-state index contributed by atoms with van der Waals surface area (Å²) >= 11 is 0. The van der Waals surface area contributed by atoms with Crippen LogP contribution in [-0.2, 0) is 22.1 Å². The molecule has 1 spiro atoms. The standard InChI is InChI=1S/C45H51N9O4/c1-27-20-31(34-22-30(8-13-46-34)35-24-33-41(48-35)45(11-12-45)26-47-42(33)56)21-28(2)40(27)53-18-16-51(17-19-53)25-29-9-14-52(15-10-29)32-4-5-36-38(23-32)50(3)44(58)54(36)37-6-7-39(55)49-43(37)57/h4-5,8,13,20-24,29,37,48H,6-7,9-12,14-19,25-26H2,1-3H3,(H,47,56)(H,49,55,57). The minimum atomic E-state index is -0.678. The van der Waals surface area contributed by atoms with Crippen LogP contribution in [0.4, 0.5) is 11.4 Å². The molecule has 10 rings (SSSR count). The van der Waals surface area contributed by atoms with Crippen LogP contribution in [0, 0.1) is 19.8 Å². The lowest BCUT2D eigenvalue weighted by molar-refractivity contribution is -0.135. The molecule has 1 saturated carbocycles. The number of imide groups is 1. The maximum absolute atomic E-state index is 13.3. The second kappa shape index (κ2) is 14.0. The lowest BCUT2D eigenvalue weighted by atomic mass is 9.95. The van der Waals surface area contributed by atoms with Gasteiger partial charge in [-0.3, -0.25) is 38.7 Å². The van der Waals surface area contributed by atoms with Gasteiger partial charge in [0.05, 0.1) is 22.3 Å². The van der Waals surface area contributed by atoms with Gasteiger partial charge in [0, 0.05) is 111 Å². The largest absolute Gasteiger partial charge is 0.371 e. The van der Waals surface area contributed by atoms with Gasteiger partial charge in [-0.1, -0.05) is 0 Å². The van der Waals surface area contributed by atoms with Crippen LogP contribution in [0.5, 0.6) is 0 Å². The molecular weight excluding hydrogens is 731 g/mol. The molecule has 2 aromatic carbocycles. The lowest BCUT2D eigenvalue weighted by Gasteiger charge is -2.41. The maximum atomic E-state index is 13.3. The van der Waals surface area contributed by atoms with Crippen molar-refractivity contribution in [3.63, 3.8) is 0 Å². The number of piperazine rings is 1. The molecule has 13 heteroatoms. The van der Waals surface area contributed by atoms with E-state index in [4.69, 9.17) is 4.98 Å². The molecule has 0 radical (unpaired) electrons. The van der Waals surface area contributed by atoms with E-state index in [2.05, 4.69) is 74.5 Å². The van der Waals surface area contributed by atoms with Gasteiger partial charge in [-0.15, -0.1) is 0 Å². The van der Waals surface area contributed by atoms with E-state index in [9.17, 15) is 19.2 Å². The Balaban J connectivity index is 0.755. The third-order valence-corrected chi connectivity index (χ3v) is 13.7. The summed E-state index contributed by atoms with van der Waals surface area (Å²) in [7, 11) is 1.75. The molecule has 7 heterocycles. The van der Waals surface area contributed by atoms with Crippen LogP contribution in [0.1, 0.15) is 71.7 Å². The van der Waals surface area contributed by atoms with E-state index in [0.717, 1.165) is 129 Å². The fourth-order valence-electron chi connectivity index (χ4n) is 10.2. The van der Waals surface area contributed by atoms with Gasteiger partial charge in [0.2, 0.25) is 11.8 Å². The van der Waals surface area contributed by atoms with Gasteiger partial charge in [0.1, 0.15) is 6.04 Å². The van der Waals surface area contributed by atoms with E-state index in [-0.39, 0.29) is 29.3 Å². The fourth-order valence-corrected chi connectivity index (χ4v) is 10.2. The highest BCUT2D eigenvalue weighted by Crippen LogP contribution is 2.50. The molecule has 5 aromatic rings. The van der Waals surface area contributed by atoms with Crippen LogP contribution >= 0.6 is 0 Å². The zero-order valence-electron chi connectivity index (χ0n) is 33.6. The topological polar surface area (TPSA) is 141 Å². The van der Waals surface area contributed by atoms with E-state index in [1.54, 1.807) is 16.2 Å². The first kappa shape index (κ1) is 36.6. The van der Waals surface area contributed by atoms with Crippen molar-refractivity contribution in [3.05, 3.63) is 87.6 Å². The number of fused-ring (bicyclic) bond motifs is 3. The predicted octanol–water partition coefficient (Wildman–Crippen LogP) is 4.81. The highest BCUT2D eigenvalue weighted by atomic mass is 16.2. The molecule has 58 heavy (non-hydrogen) atoms. The Morgan fingerprint density at radius 3 is 2.29 bits per heavy atom. The van der Waals surface area contributed by atoms with Crippen molar-refractivity contribution in [3.8, 4) is 22.5 Å². The predicted molar refractivity (Wildman–Crippen MR) is 224 cm³/mol. The average Bonchev–Trinajstić information content (AvgIpc) is 3.77. The minimum absolute atomic E-state index is 0.0123. The quantitative estimate of drug-likeness (QED) is 0.200. The number of carbonyl (C=O) groups excluding carboxylic acids is 3. The highest BCUT2D eigenvalue weighted by Gasteiger charge is 2.50. The molecule has 3 aromatic heterocycles. The first-order valence-electron chi connectivity index (χ1n) is 20.9. The second-order valence-corrected chi connectivity index (χ2v) is 17.4. The number of aromatic amines is 1. The normalized spacial score (nSPS) is 21.1. The van der Waals surface area contributed by atoms with Gasteiger partial charge in [-0.25, -0.2) is 4.79 Å². The number of pyridine rings is 1. The first-order valence-corrected chi connectivity index (χ1v) is 20.9. The summed E-state index contributed by atoms with van der Waals surface area (Å²) in [6.45, 7) is 12.3. The van der Waals surface area contributed by atoms with E-state index in [0.29, 0.717) is 12.3 Å². The summed E-state index contributed by atoms with van der Waals surface area (Å²) in [5.41, 5.74) is 12.2. The van der Waals surface area contributed by atoms with Gasteiger partial charge in [-0.05, 0) is 112 Å². The van der Waals surface area contributed by atoms with Crippen molar-refractivity contribution in [2.75, 3.05) is 62.2 Å². The second-order valence-electron chi connectivity index (χ2n) is 17.4.